The summed E-state index contributed by atoms with van der Waals surface area (Å²) < 4.78 is 13.2. The number of hydrogen-bond acceptors (Lipinski definition) is 1. The maximum absolute atomic E-state index is 13.2. The van der Waals surface area contributed by atoms with Gasteiger partial charge in [-0.05, 0) is 25.5 Å². The topological polar surface area (TPSA) is 37.3 Å². The van der Waals surface area contributed by atoms with Gasteiger partial charge in [-0.15, -0.1) is 0 Å². The van der Waals surface area contributed by atoms with Crippen molar-refractivity contribution in [2.75, 3.05) is 0 Å². The maximum atomic E-state index is 13.2. The predicted octanol–water partition coefficient (Wildman–Crippen LogP) is 2.79. The first-order valence-corrected chi connectivity index (χ1v) is 4.01. The zero-order chi connectivity index (χ0) is 10.2. The van der Waals surface area contributed by atoms with Crippen molar-refractivity contribution in [2.24, 2.45) is 0 Å². The first-order chi connectivity index (χ1) is 5.95. The highest BCUT2D eigenvalue weighted by Crippen LogP contribution is 2.25. The number of aryl methyl sites for hydroxylation is 1. The minimum Gasteiger partial charge on any atom is -0.478 e. The molecule has 1 aromatic carbocycles. The van der Waals surface area contributed by atoms with Crippen molar-refractivity contribution >= 4 is 17.6 Å². The van der Waals surface area contributed by atoms with E-state index in [1.807, 2.05) is 0 Å². The monoisotopic (exact) mass is 202 g/mol. The highest BCUT2D eigenvalue weighted by molar-refractivity contribution is 6.31. The number of benzene rings is 1. The summed E-state index contributed by atoms with van der Waals surface area (Å²) >= 11 is 5.59. The molecule has 0 spiro atoms. The molecule has 0 amide bonds. The number of carboxylic acid groups (broad SMARTS) is 1. The molecule has 1 aromatic rings. The van der Waals surface area contributed by atoms with Crippen molar-refractivity contribution < 1.29 is 14.3 Å². The zero-order valence-electron chi connectivity index (χ0n) is 7.19. The van der Waals surface area contributed by atoms with E-state index in [4.69, 9.17) is 16.7 Å². The summed E-state index contributed by atoms with van der Waals surface area (Å²) in [6.07, 6.45) is 0. The van der Waals surface area contributed by atoms with Crippen LogP contribution >= 0.6 is 11.6 Å². The summed E-state index contributed by atoms with van der Waals surface area (Å²) in [5.41, 5.74) is 0.463. The molecule has 0 bridgehead atoms. The first kappa shape index (κ1) is 9.99. The van der Waals surface area contributed by atoms with Gasteiger partial charge in [0, 0.05) is 5.56 Å². The van der Waals surface area contributed by atoms with Gasteiger partial charge in [0.15, 0.2) is 0 Å². The lowest BCUT2D eigenvalue weighted by molar-refractivity contribution is 0.0695. The van der Waals surface area contributed by atoms with Gasteiger partial charge in [-0.1, -0.05) is 11.6 Å². The van der Waals surface area contributed by atoms with Crippen LogP contribution in [-0.2, 0) is 0 Å². The molecule has 1 N–H and O–H groups in total. The molecular formula is C9H8ClFO2. The van der Waals surface area contributed by atoms with Crippen LogP contribution in [0.15, 0.2) is 6.07 Å². The van der Waals surface area contributed by atoms with Gasteiger partial charge in [-0.3, -0.25) is 0 Å². The lowest BCUT2D eigenvalue weighted by atomic mass is 10.1. The molecule has 70 valence electrons. The quantitative estimate of drug-likeness (QED) is 0.761. The molecule has 0 aliphatic heterocycles. The van der Waals surface area contributed by atoms with Gasteiger partial charge in [-0.25, -0.2) is 9.18 Å². The molecule has 0 unspecified atom stereocenters. The zero-order valence-corrected chi connectivity index (χ0v) is 7.94. The Morgan fingerprint density at radius 2 is 2.08 bits per heavy atom. The number of carboxylic acids is 1. The fraction of sp³-hybridized carbons (Fsp3) is 0.222. The Morgan fingerprint density at radius 1 is 1.54 bits per heavy atom. The second-order valence-electron chi connectivity index (χ2n) is 2.80. The van der Waals surface area contributed by atoms with E-state index in [2.05, 4.69) is 0 Å². The largest absolute Gasteiger partial charge is 0.478 e. The average molecular weight is 203 g/mol. The summed E-state index contributed by atoms with van der Waals surface area (Å²) in [5, 5.41) is 8.68. The SMILES string of the molecule is Cc1cc(C(=O)O)c(C)c(F)c1Cl. The Balaban J connectivity index is 3.50. The molecule has 0 aliphatic rings. The van der Waals surface area contributed by atoms with Crippen molar-refractivity contribution in [1.29, 1.82) is 0 Å². The van der Waals surface area contributed by atoms with Crippen molar-refractivity contribution in [3.8, 4) is 0 Å². The smallest absolute Gasteiger partial charge is 0.336 e. The van der Waals surface area contributed by atoms with E-state index in [9.17, 15) is 9.18 Å². The third kappa shape index (κ3) is 1.65. The lowest BCUT2D eigenvalue weighted by Gasteiger charge is -2.06. The van der Waals surface area contributed by atoms with Crippen LogP contribution in [0.5, 0.6) is 0 Å². The van der Waals surface area contributed by atoms with E-state index in [-0.39, 0.29) is 16.1 Å². The van der Waals surface area contributed by atoms with Gasteiger partial charge >= 0.3 is 5.97 Å². The Labute approximate surface area is 80.0 Å². The Hall–Kier alpha value is -1.09. The lowest BCUT2D eigenvalue weighted by Crippen LogP contribution is -2.03. The van der Waals surface area contributed by atoms with Gasteiger partial charge in [0.2, 0.25) is 0 Å². The summed E-state index contributed by atoms with van der Waals surface area (Å²) in [5.74, 6) is -1.80. The highest BCUT2D eigenvalue weighted by Gasteiger charge is 2.15. The molecule has 0 saturated carbocycles. The normalized spacial score (nSPS) is 10.2. The molecule has 4 heteroatoms. The predicted molar refractivity (Wildman–Crippen MR) is 47.8 cm³/mol. The number of hydrogen-bond donors (Lipinski definition) is 1. The van der Waals surface area contributed by atoms with Gasteiger partial charge in [0.1, 0.15) is 5.82 Å². The van der Waals surface area contributed by atoms with Crippen LogP contribution in [0.4, 0.5) is 4.39 Å². The van der Waals surface area contributed by atoms with Crippen LogP contribution in [0.2, 0.25) is 5.02 Å². The molecule has 0 saturated heterocycles. The van der Waals surface area contributed by atoms with E-state index >= 15 is 0 Å². The molecule has 0 aromatic heterocycles. The number of aromatic carboxylic acids is 1. The summed E-state index contributed by atoms with van der Waals surface area (Å²) in [4.78, 5) is 10.6. The first-order valence-electron chi connectivity index (χ1n) is 3.63. The second kappa shape index (κ2) is 3.34. The van der Waals surface area contributed by atoms with Crippen molar-refractivity contribution in [2.45, 2.75) is 13.8 Å². The second-order valence-corrected chi connectivity index (χ2v) is 3.18. The number of rotatable bonds is 1. The van der Waals surface area contributed by atoms with E-state index in [0.29, 0.717) is 5.56 Å². The van der Waals surface area contributed by atoms with Crippen LogP contribution in [0, 0.1) is 19.7 Å². The van der Waals surface area contributed by atoms with E-state index < -0.39 is 11.8 Å². The standard InChI is InChI=1S/C9H8ClFO2/c1-4-3-6(9(12)13)5(2)8(11)7(4)10/h3H,1-2H3,(H,12,13). The van der Waals surface area contributed by atoms with Gasteiger partial charge in [0.05, 0.1) is 10.6 Å². The number of halogens is 2. The summed E-state index contributed by atoms with van der Waals surface area (Å²) in [6.45, 7) is 2.96. The molecule has 13 heavy (non-hydrogen) atoms. The van der Waals surface area contributed by atoms with Crippen molar-refractivity contribution in [1.82, 2.24) is 0 Å². The highest BCUT2D eigenvalue weighted by atomic mass is 35.5. The summed E-state index contributed by atoms with van der Waals surface area (Å²) in [7, 11) is 0. The Kier molecular flexibility index (Phi) is 2.57. The van der Waals surface area contributed by atoms with E-state index in [1.165, 1.54) is 13.0 Å². The average Bonchev–Trinajstić information content (AvgIpc) is 2.07. The van der Waals surface area contributed by atoms with Crippen molar-refractivity contribution in [3.05, 3.63) is 33.6 Å². The van der Waals surface area contributed by atoms with Crippen LogP contribution < -0.4 is 0 Å². The molecule has 1 rings (SSSR count). The van der Waals surface area contributed by atoms with Crippen LogP contribution in [-0.4, -0.2) is 11.1 Å². The summed E-state index contributed by atoms with van der Waals surface area (Å²) in [6, 6.07) is 1.36. The Morgan fingerprint density at radius 3 is 2.54 bits per heavy atom. The minimum absolute atomic E-state index is 0.0116. The third-order valence-corrected chi connectivity index (χ3v) is 2.33. The number of carbonyl (C=O) groups is 1. The third-order valence-electron chi connectivity index (χ3n) is 1.86. The fourth-order valence-electron chi connectivity index (χ4n) is 1.07. The molecule has 0 atom stereocenters. The molecule has 2 nitrogen and oxygen atoms in total. The van der Waals surface area contributed by atoms with Crippen LogP contribution in [0.25, 0.3) is 0 Å². The van der Waals surface area contributed by atoms with Gasteiger partial charge in [0.25, 0.3) is 0 Å². The molecule has 0 aliphatic carbocycles. The minimum atomic E-state index is -1.14. The molecular weight excluding hydrogens is 195 g/mol. The molecule has 0 heterocycles. The van der Waals surface area contributed by atoms with Crippen LogP contribution in [0.1, 0.15) is 21.5 Å². The maximum Gasteiger partial charge on any atom is 0.336 e. The van der Waals surface area contributed by atoms with Gasteiger partial charge in [-0.2, -0.15) is 0 Å². The van der Waals surface area contributed by atoms with Crippen molar-refractivity contribution in [3.63, 3.8) is 0 Å². The van der Waals surface area contributed by atoms with E-state index in [1.54, 1.807) is 6.92 Å². The van der Waals surface area contributed by atoms with Gasteiger partial charge < -0.3 is 5.11 Å². The Bertz CT molecular complexity index is 374. The fourth-order valence-corrected chi connectivity index (χ4v) is 1.26. The molecule has 0 radical (unpaired) electrons. The molecule has 0 fully saturated rings. The van der Waals surface area contributed by atoms with E-state index in [0.717, 1.165) is 0 Å². The van der Waals surface area contributed by atoms with Crippen LogP contribution in [0.3, 0.4) is 0 Å².